The minimum atomic E-state index is 0.109. The predicted octanol–water partition coefficient (Wildman–Crippen LogP) is 1.42. The van der Waals surface area contributed by atoms with Gasteiger partial charge in [0.1, 0.15) is 0 Å². The molecule has 2 heterocycles. The first-order valence-electron chi connectivity index (χ1n) is 8.42. The van der Waals surface area contributed by atoms with Crippen LogP contribution in [0, 0.1) is 5.92 Å². The molecule has 0 N–H and O–H groups in total. The van der Waals surface area contributed by atoms with E-state index >= 15 is 0 Å². The Bertz CT molecular complexity index is 383. The minimum Gasteiger partial charge on any atom is -0.376 e. The van der Waals surface area contributed by atoms with Crippen molar-refractivity contribution >= 4 is 11.8 Å². The monoisotopic (exact) mass is 294 g/mol. The topological polar surface area (TPSA) is 49.9 Å². The number of hydrogen-bond acceptors (Lipinski definition) is 3. The summed E-state index contributed by atoms with van der Waals surface area (Å²) in [4.78, 5) is 28.6. The molecule has 1 aliphatic carbocycles. The number of carbonyl (C=O) groups excluding carboxylic acids is 2. The van der Waals surface area contributed by atoms with Crippen molar-refractivity contribution in [2.45, 2.75) is 51.0 Å². The van der Waals surface area contributed by atoms with E-state index in [-0.39, 0.29) is 30.4 Å². The molecule has 0 bridgehead atoms. The van der Waals surface area contributed by atoms with Crippen molar-refractivity contribution in [2.24, 2.45) is 5.92 Å². The maximum Gasteiger partial charge on any atom is 0.242 e. The zero-order valence-electron chi connectivity index (χ0n) is 12.8. The normalized spacial score (nSPS) is 25.9. The van der Waals surface area contributed by atoms with Gasteiger partial charge in [-0.3, -0.25) is 9.59 Å². The van der Waals surface area contributed by atoms with Crippen LogP contribution in [0.5, 0.6) is 0 Å². The SMILES string of the molecule is O=C(CN(C[C@H]1CCCO1)C(=O)C1CCC1)N1CCCC1. The molecule has 3 fully saturated rings. The van der Waals surface area contributed by atoms with Crippen molar-refractivity contribution in [3.8, 4) is 0 Å². The molecule has 118 valence electrons. The first-order chi connectivity index (χ1) is 10.2. The number of hydrogen-bond donors (Lipinski definition) is 0. The van der Waals surface area contributed by atoms with Crippen molar-refractivity contribution in [3.63, 3.8) is 0 Å². The molecule has 0 aromatic rings. The van der Waals surface area contributed by atoms with Crippen LogP contribution in [-0.2, 0) is 14.3 Å². The number of amides is 2. The highest BCUT2D eigenvalue weighted by Crippen LogP contribution is 2.29. The minimum absolute atomic E-state index is 0.109. The Morgan fingerprint density at radius 1 is 1.05 bits per heavy atom. The highest BCUT2D eigenvalue weighted by molar-refractivity contribution is 5.86. The number of carbonyl (C=O) groups is 2. The van der Waals surface area contributed by atoms with E-state index in [2.05, 4.69) is 0 Å². The van der Waals surface area contributed by atoms with E-state index < -0.39 is 0 Å². The third-order valence-electron chi connectivity index (χ3n) is 5.00. The average molecular weight is 294 g/mol. The molecule has 2 aliphatic heterocycles. The van der Waals surface area contributed by atoms with Crippen molar-refractivity contribution < 1.29 is 14.3 Å². The summed E-state index contributed by atoms with van der Waals surface area (Å²) in [6, 6.07) is 0. The molecule has 0 unspecified atom stereocenters. The van der Waals surface area contributed by atoms with Gasteiger partial charge in [0.15, 0.2) is 0 Å². The van der Waals surface area contributed by atoms with E-state index in [1.807, 2.05) is 4.90 Å². The Kier molecular flexibility index (Phi) is 4.78. The van der Waals surface area contributed by atoms with Gasteiger partial charge >= 0.3 is 0 Å². The van der Waals surface area contributed by atoms with Gasteiger partial charge in [0.2, 0.25) is 11.8 Å². The van der Waals surface area contributed by atoms with Gasteiger partial charge in [-0.05, 0) is 38.5 Å². The second-order valence-corrected chi connectivity index (χ2v) is 6.57. The van der Waals surface area contributed by atoms with Gasteiger partial charge in [0, 0.05) is 32.2 Å². The molecule has 2 amide bonds. The zero-order valence-corrected chi connectivity index (χ0v) is 12.8. The van der Waals surface area contributed by atoms with Gasteiger partial charge in [0.25, 0.3) is 0 Å². The second kappa shape index (κ2) is 6.77. The molecule has 5 heteroatoms. The number of rotatable bonds is 5. The fraction of sp³-hybridized carbons (Fsp3) is 0.875. The van der Waals surface area contributed by atoms with Gasteiger partial charge in [0.05, 0.1) is 12.6 Å². The predicted molar refractivity (Wildman–Crippen MR) is 78.7 cm³/mol. The van der Waals surface area contributed by atoms with Crippen LogP contribution in [0.1, 0.15) is 44.9 Å². The fourth-order valence-electron chi connectivity index (χ4n) is 3.41. The summed E-state index contributed by atoms with van der Waals surface area (Å²) in [5, 5.41) is 0. The molecule has 2 saturated heterocycles. The van der Waals surface area contributed by atoms with Crippen molar-refractivity contribution in [3.05, 3.63) is 0 Å². The van der Waals surface area contributed by atoms with E-state index in [1.165, 1.54) is 0 Å². The fourth-order valence-corrected chi connectivity index (χ4v) is 3.41. The van der Waals surface area contributed by atoms with Crippen LogP contribution in [0.2, 0.25) is 0 Å². The molecule has 0 spiro atoms. The first-order valence-corrected chi connectivity index (χ1v) is 8.42. The molecule has 21 heavy (non-hydrogen) atoms. The molecule has 0 aromatic carbocycles. The van der Waals surface area contributed by atoms with Gasteiger partial charge in [-0.25, -0.2) is 0 Å². The number of ether oxygens (including phenoxy) is 1. The smallest absolute Gasteiger partial charge is 0.242 e. The van der Waals surface area contributed by atoms with Gasteiger partial charge < -0.3 is 14.5 Å². The van der Waals surface area contributed by atoms with E-state index in [0.717, 1.165) is 64.6 Å². The number of nitrogens with zero attached hydrogens (tertiary/aromatic N) is 2. The molecule has 3 rings (SSSR count). The lowest BCUT2D eigenvalue weighted by Crippen LogP contribution is -2.48. The van der Waals surface area contributed by atoms with E-state index in [9.17, 15) is 9.59 Å². The molecule has 0 aromatic heterocycles. The molecule has 1 atom stereocenters. The molecular weight excluding hydrogens is 268 g/mol. The van der Waals surface area contributed by atoms with Crippen molar-refractivity contribution in [1.82, 2.24) is 9.80 Å². The molecule has 1 saturated carbocycles. The molecule has 3 aliphatic rings. The summed E-state index contributed by atoms with van der Waals surface area (Å²) in [7, 11) is 0. The largest absolute Gasteiger partial charge is 0.376 e. The van der Waals surface area contributed by atoms with Gasteiger partial charge in [-0.2, -0.15) is 0 Å². The summed E-state index contributed by atoms with van der Waals surface area (Å²) in [6.07, 6.45) is 7.49. The summed E-state index contributed by atoms with van der Waals surface area (Å²) >= 11 is 0. The third kappa shape index (κ3) is 3.57. The van der Waals surface area contributed by atoms with Crippen LogP contribution in [0.4, 0.5) is 0 Å². The van der Waals surface area contributed by atoms with Crippen LogP contribution < -0.4 is 0 Å². The maximum absolute atomic E-state index is 12.6. The summed E-state index contributed by atoms with van der Waals surface area (Å²) in [5.41, 5.74) is 0. The molecule has 5 nitrogen and oxygen atoms in total. The molecule has 0 radical (unpaired) electrons. The standard InChI is InChI=1S/C16H26N2O3/c19-15(17-8-1-2-9-17)12-18(11-14-7-4-10-21-14)16(20)13-5-3-6-13/h13-14H,1-12H2/t14-/m1/s1. The van der Waals surface area contributed by atoms with Crippen LogP contribution >= 0.6 is 0 Å². The summed E-state index contributed by atoms with van der Waals surface area (Å²) < 4.78 is 5.65. The van der Waals surface area contributed by atoms with Crippen LogP contribution in [0.15, 0.2) is 0 Å². The highest BCUT2D eigenvalue weighted by Gasteiger charge is 2.33. The summed E-state index contributed by atoms with van der Waals surface area (Å²) in [5.74, 6) is 0.431. The first kappa shape index (κ1) is 14.8. The quantitative estimate of drug-likeness (QED) is 0.770. The Hall–Kier alpha value is -1.10. The molecular formula is C16H26N2O3. The van der Waals surface area contributed by atoms with E-state index in [4.69, 9.17) is 4.74 Å². The van der Waals surface area contributed by atoms with Crippen LogP contribution in [0.25, 0.3) is 0 Å². The van der Waals surface area contributed by atoms with Crippen LogP contribution in [-0.4, -0.2) is 60.5 Å². The summed E-state index contributed by atoms with van der Waals surface area (Å²) in [6.45, 7) is 3.33. The Morgan fingerprint density at radius 3 is 2.38 bits per heavy atom. The Labute approximate surface area is 126 Å². The number of likely N-dealkylation sites (tertiary alicyclic amines) is 1. The Balaban J connectivity index is 1.59. The van der Waals surface area contributed by atoms with E-state index in [0.29, 0.717) is 6.54 Å². The highest BCUT2D eigenvalue weighted by atomic mass is 16.5. The zero-order chi connectivity index (χ0) is 14.7. The van der Waals surface area contributed by atoms with Gasteiger partial charge in [-0.1, -0.05) is 6.42 Å². The van der Waals surface area contributed by atoms with E-state index in [1.54, 1.807) is 4.90 Å². The van der Waals surface area contributed by atoms with Crippen LogP contribution in [0.3, 0.4) is 0 Å². The lowest BCUT2D eigenvalue weighted by atomic mass is 9.84. The second-order valence-electron chi connectivity index (χ2n) is 6.57. The third-order valence-corrected chi connectivity index (χ3v) is 5.00. The lowest BCUT2D eigenvalue weighted by molar-refractivity contribution is -0.145. The van der Waals surface area contributed by atoms with Gasteiger partial charge in [-0.15, -0.1) is 0 Å². The van der Waals surface area contributed by atoms with Crippen molar-refractivity contribution in [2.75, 3.05) is 32.8 Å². The van der Waals surface area contributed by atoms with Crippen molar-refractivity contribution in [1.29, 1.82) is 0 Å². The Morgan fingerprint density at radius 2 is 1.81 bits per heavy atom. The maximum atomic E-state index is 12.6. The average Bonchev–Trinajstić information content (AvgIpc) is 3.09. The lowest BCUT2D eigenvalue weighted by Gasteiger charge is -2.33.